The normalized spacial score (nSPS) is 24.4. The summed E-state index contributed by atoms with van der Waals surface area (Å²) in [6.45, 7) is 2.92. The average molecular weight is 572 g/mol. The molecule has 7 N–H and O–H groups in total. The number of alkyl halides is 3. The van der Waals surface area contributed by atoms with E-state index >= 15 is 0 Å². The molecule has 1 aromatic rings. The van der Waals surface area contributed by atoms with Crippen LogP contribution < -0.4 is 16.8 Å². The summed E-state index contributed by atoms with van der Waals surface area (Å²) in [4.78, 5) is 55.2. The number of carbonyl (C=O) groups is 4. The lowest BCUT2D eigenvalue weighted by atomic mass is 9.85. The van der Waals surface area contributed by atoms with Gasteiger partial charge < -0.3 is 36.8 Å². The van der Waals surface area contributed by atoms with Crippen molar-refractivity contribution in [1.82, 2.24) is 15.1 Å². The number of aliphatic hydroxyl groups is 2. The van der Waals surface area contributed by atoms with Crippen LogP contribution in [0.4, 0.5) is 13.2 Å². The van der Waals surface area contributed by atoms with Gasteiger partial charge >= 0.3 is 6.18 Å². The zero-order valence-electron chi connectivity index (χ0n) is 22.4. The lowest BCUT2D eigenvalue weighted by Gasteiger charge is -2.41. The van der Waals surface area contributed by atoms with Gasteiger partial charge in [-0.25, -0.2) is 0 Å². The molecule has 0 spiro atoms. The molecular weight excluding hydrogens is 535 g/mol. The third-order valence-corrected chi connectivity index (χ3v) is 7.66. The number of nitrogens with two attached hydrogens (primary N) is 2. The molecule has 2 aliphatic heterocycles. The zero-order chi connectivity index (χ0) is 30.0. The van der Waals surface area contributed by atoms with Gasteiger partial charge in [0.2, 0.25) is 23.6 Å². The molecule has 0 bridgehead atoms. The molecule has 6 atom stereocenters. The monoisotopic (exact) mass is 571 g/mol. The summed E-state index contributed by atoms with van der Waals surface area (Å²) in [5.41, 5.74) is 8.99. The first kappa shape index (κ1) is 31.3. The lowest BCUT2D eigenvalue weighted by molar-refractivity contribution is -0.152. The van der Waals surface area contributed by atoms with Gasteiger partial charge in [-0.05, 0) is 57.2 Å². The molecule has 1 aromatic carbocycles. The van der Waals surface area contributed by atoms with Crippen molar-refractivity contribution < 1.29 is 42.6 Å². The number of halogens is 3. The second-order valence-corrected chi connectivity index (χ2v) is 10.5. The first-order valence-corrected chi connectivity index (χ1v) is 13.1. The molecule has 222 valence electrons. The molecule has 0 aromatic heterocycles. The van der Waals surface area contributed by atoms with Crippen molar-refractivity contribution >= 4 is 23.6 Å². The van der Waals surface area contributed by atoms with Crippen LogP contribution in [0, 0.1) is 0 Å². The van der Waals surface area contributed by atoms with Crippen LogP contribution in [0.3, 0.4) is 0 Å². The van der Waals surface area contributed by atoms with Crippen LogP contribution in [0.15, 0.2) is 24.3 Å². The van der Waals surface area contributed by atoms with Gasteiger partial charge in [-0.2, -0.15) is 13.2 Å². The Hall–Kier alpha value is -3.23. The number of hydrogen-bond acceptors (Lipinski definition) is 7. The van der Waals surface area contributed by atoms with Crippen LogP contribution in [0.25, 0.3) is 0 Å². The quantitative estimate of drug-likeness (QED) is 0.269. The van der Waals surface area contributed by atoms with E-state index in [1.807, 2.05) is 0 Å². The third kappa shape index (κ3) is 6.39. The predicted molar refractivity (Wildman–Crippen MR) is 136 cm³/mol. The number of carbonyl (C=O) groups excluding carboxylic acids is 4. The Bertz CT molecular complexity index is 1110. The molecule has 2 heterocycles. The molecule has 40 heavy (non-hydrogen) atoms. The van der Waals surface area contributed by atoms with Crippen molar-refractivity contribution in [2.75, 3.05) is 13.1 Å². The van der Waals surface area contributed by atoms with E-state index in [-0.39, 0.29) is 32.4 Å². The smallest absolute Gasteiger partial charge is 0.391 e. The maximum absolute atomic E-state index is 14.0. The van der Waals surface area contributed by atoms with Gasteiger partial charge in [0.25, 0.3) is 0 Å². The van der Waals surface area contributed by atoms with E-state index in [0.29, 0.717) is 18.4 Å². The van der Waals surface area contributed by atoms with E-state index < -0.39 is 71.2 Å². The highest BCUT2D eigenvalue weighted by Crippen LogP contribution is 2.37. The Morgan fingerprint density at radius 2 is 1.70 bits per heavy atom. The third-order valence-electron chi connectivity index (χ3n) is 7.66. The number of nitrogens with zero attached hydrogens (tertiary/aromatic N) is 2. The SMILES string of the molecule is C[C@@H](O)[C@H](N)C(=O)N1CCCC1C(=O)N1CCCC1(Cc1ccc(C(F)(F)F)cc1)C(=O)N[C@H](C(N)=O)[C@@H](C)O. The van der Waals surface area contributed by atoms with Crippen LogP contribution in [0.1, 0.15) is 50.7 Å². The highest BCUT2D eigenvalue weighted by Gasteiger charge is 2.53. The Balaban J connectivity index is 2.00. The number of benzene rings is 1. The average Bonchev–Trinajstić information content (AvgIpc) is 3.53. The molecule has 2 saturated heterocycles. The van der Waals surface area contributed by atoms with Crippen molar-refractivity contribution in [3.8, 4) is 0 Å². The van der Waals surface area contributed by atoms with Gasteiger partial charge in [-0.15, -0.1) is 0 Å². The fraction of sp³-hybridized carbons (Fsp3) is 0.615. The minimum Gasteiger partial charge on any atom is -0.391 e. The standard InChI is InChI=1S/C26H36F3N5O6/c1-14(35)19(30)23(39)33-11-3-5-18(33)22(38)34-12-4-10-25(34,24(40)32-20(15(2)36)21(31)37)13-16-6-8-17(9-7-16)26(27,28)29/h6-9,14-15,18-20,35-36H,3-5,10-13,30H2,1-2H3,(H2,31,37)(H,32,40)/t14-,15-,18?,19+,20+,25?/m1/s1. The molecule has 2 fully saturated rings. The largest absolute Gasteiger partial charge is 0.416 e. The predicted octanol–water partition coefficient (Wildman–Crippen LogP) is -0.341. The summed E-state index contributed by atoms with van der Waals surface area (Å²) >= 11 is 0. The number of hydrogen-bond donors (Lipinski definition) is 5. The van der Waals surface area contributed by atoms with Gasteiger partial charge in [-0.3, -0.25) is 19.2 Å². The highest BCUT2D eigenvalue weighted by molar-refractivity contribution is 5.98. The topological polar surface area (TPSA) is 179 Å². The van der Waals surface area contributed by atoms with E-state index in [2.05, 4.69) is 5.32 Å². The van der Waals surface area contributed by atoms with Crippen LogP contribution in [-0.4, -0.2) is 92.6 Å². The molecule has 2 unspecified atom stereocenters. The first-order chi connectivity index (χ1) is 18.6. The van der Waals surface area contributed by atoms with E-state index in [1.165, 1.54) is 35.8 Å². The van der Waals surface area contributed by atoms with Crippen molar-refractivity contribution in [2.45, 2.75) is 88.0 Å². The van der Waals surface area contributed by atoms with E-state index in [9.17, 15) is 42.6 Å². The Kier molecular flexibility index (Phi) is 9.47. The number of aliphatic hydroxyl groups excluding tert-OH is 2. The van der Waals surface area contributed by atoms with E-state index in [1.54, 1.807) is 0 Å². The van der Waals surface area contributed by atoms with Gasteiger partial charge in [0.05, 0.1) is 17.8 Å². The van der Waals surface area contributed by atoms with Gasteiger partial charge in [0, 0.05) is 19.5 Å². The molecule has 3 rings (SSSR count). The zero-order valence-corrected chi connectivity index (χ0v) is 22.4. The Morgan fingerprint density at radius 3 is 2.23 bits per heavy atom. The summed E-state index contributed by atoms with van der Waals surface area (Å²) in [5, 5.41) is 22.2. The molecule has 14 heteroatoms. The van der Waals surface area contributed by atoms with Crippen LogP contribution in [-0.2, 0) is 31.8 Å². The number of nitrogens with one attached hydrogen (secondary N) is 1. The number of likely N-dealkylation sites (tertiary alicyclic amines) is 2. The van der Waals surface area contributed by atoms with Crippen LogP contribution in [0.5, 0.6) is 0 Å². The summed E-state index contributed by atoms with van der Waals surface area (Å²) in [6, 6.07) is 0.465. The molecule has 0 saturated carbocycles. The molecule has 0 aliphatic carbocycles. The molecule has 4 amide bonds. The van der Waals surface area contributed by atoms with E-state index in [0.717, 1.165) is 12.1 Å². The summed E-state index contributed by atoms with van der Waals surface area (Å²) in [6.07, 6.45) is -6.07. The van der Waals surface area contributed by atoms with Gasteiger partial charge in [0.15, 0.2) is 0 Å². The van der Waals surface area contributed by atoms with Crippen molar-refractivity contribution in [3.63, 3.8) is 0 Å². The fourth-order valence-corrected chi connectivity index (χ4v) is 5.42. The maximum Gasteiger partial charge on any atom is 0.416 e. The van der Waals surface area contributed by atoms with E-state index in [4.69, 9.17) is 11.5 Å². The highest BCUT2D eigenvalue weighted by atomic mass is 19.4. The number of rotatable bonds is 9. The van der Waals surface area contributed by atoms with Crippen LogP contribution in [0.2, 0.25) is 0 Å². The van der Waals surface area contributed by atoms with Crippen LogP contribution >= 0.6 is 0 Å². The minimum absolute atomic E-state index is 0.101. The number of primary amides is 1. The van der Waals surface area contributed by atoms with Crippen molar-refractivity contribution in [3.05, 3.63) is 35.4 Å². The molecule has 2 aliphatic rings. The Labute approximate surface area is 229 Å². The van der Waals surface area contributed by atoms with Crippen molar-refractivity contribution in [2.24, 2.45) is 11.5 Å². The molecule has 11 nitrogen and oxygen atoms in total. The summed E-state index contributed by atoms with van der Waals surface area (Å²) < 4.78 is 39.4. The second kappa shape index (κ2) is 12.1. The first-order valence-electron chi connectivity index (χ1n) is 13.1. The van der Waals surface area contributed by atoms with Gasteiger partial charge in [0.1, 0.15) is 23.7 Å². The maximum atomic E-state index is 14.0. The molecule has 0 radical (unpaired) electrons. The van der Waals surface area contributed by atoms with Gasteiger partial charge in [-0.1, -0.05) is 12.1 Å². The second-order valence-electron chi connectivity index (χ2n) is 10.5. The number of amides is 4. The summed E-state index contributed by atoms with van der Waals surface area (Å²) in [5.74, 6) is -3.00. The Morgan fingerprint density at radius 1 is 1.07 bits per heavy atom. The fourth-order valence-electron chi connectivity index (χ4n) is 5.42. The molecular formula is C26H36F3N5O6. The summed E-state index contributed by atoms with van der Waals surface area (Å²) in [7, 11) is 0. The lowest BCUT2D eigenvalue weighted by Crippen LogP contribution is -2.65. The van der Waals surface area contributed by atoms with Crippen molar-refractivity contribution in [1.29, 1.82) is 0 Å². The minimum atomic E-state index is -4.57.